The summed E-state index contributed by atoms with van der Waals surface area (Å²) in [6.45, 7) is 8.07. The minimum atomic E-state index is 0.709. The Bertz CT molecular complexity index is 144. The van der Waals surface area contributed by atoms with Crippen molar-refractivity contribution >= 4 is 0 Å². The van der Waals surface area contributed by atoms with E-state index in [9.17, 15) is 0 Å². The van der Waals surface area contributed by atoms with Crippen molar-refractivity contribution in [3.05, 3.63) is 12.4 Å². The molecule has 64 valence electrons. The topological polar surface area (TPSA) is 32.5 Å². The van der Waals surface area contributed by atoms with Crippen molar-refractivity contribution < 1.29 is 0 Å². The van der Waals surface area contributed by atoms with Gasteiger partial charge >= 0.3 is 0 Å². The summed E-state index contributed by atoms with van der Waals surface area (Å²) >= 11 is 0. The Kier molecular flexibility index (Phi) is 2.76. The Hall–Kier alpha value is -0.700. The lowest BCUT2D eigenvalue weighted by atomic mass is 10.4. The van der Waals surface area contributed by atoms with Crippen LogP contribution in [0.15, 0.2) is 12.4 Å². The molecule has 1 fully saturated rings. The molecule has 11 heavy (non-hydrogen) atoms. The molecule has 2 N–H and O–H groups in total. The van der Waals surface area contributed by atoms with Crippen molar-refractivity contribution in [1.29, 1.82) is 0 Å². The molecule has 3 heteroatoms. The maximum absolute atomic E-state index is 5.59. The number of nitrogens with zero attached hydrogens (tertiary/aromatic N) is 2. The molecule has 0 atom stereocenters. The highest BCUT2D eigenvalue weighted by atomic mass is 15.2. The lowest BCUT2D eigenvalue weighted by molar-refractivity contribution is 0.324. The van der Waals surface area contributed by atoms with Gasteiger partial charge in [0.2, 0.25) is 0 Å². The van der Waals surface area contributed by atoms with E-state index in [4.69, 9.17) is 5.73 Å². The molecular formula is C8H17N3. The highest BCUT2D eigenvalue weighted by molar-refractivity contribution is 4.88. The summed E-state index contributed by atoms with van der Waals surface area (Å²) in [4.78, 5) is 4.46. The number of nitrogens with two attached hydrogens (primary N) is 1. The molecule has 0 bridgehead atoms. The highest BCUT2D eigenvalue weighted by Gasteiger charge is 2.10. The van der Waals surface area contributed by atoms with Gasteiger partial charge in [-0.3, -0.25) is 0 Å². The first-order chi connectivity index (χ1) is 5.20. The summed E-state index contributed by atoms with van der Waals surface area (Å²) < 4.78 is 0. The number of rotatable bonds is 1. The average Bonchev–Trinajstić information content (AvgIpc) is 2.13. The summed E-state index contributed by atoms with van der Waals surface area (Å²) in [5.74, 6) is 0.709. The Balaban J connectivity index is 2.40. The van der Waals surface area contributed by atoms with Gasteiger partial charge < -0.3 is 15.5 Å². The standard InChI is InChI=1S/C8H17N3/c1-8(9)11-5-3-4-10(2)6-7-11/h1,3-7,9H2,2H3. The fourth-order valence-corrected chi connectivity index (χ4v) is 1.33. The van der Waals surface area contributed by atoms with Gasteiger partial charge in [0.05, 0.1) is 5.82 Å². The molecule has 0 aromatic heterocycles. The Morgan fingerprint density at radius 2 is 2.00 bits per heavy atom. The summed E-state index contributed by atoms with van der Waals surface area (Å²) in [5.41, 5.74) is 5.59. The van der Waals surface area contributed by atoms with E-state index in [-0.39, 0.29) is 0 Å². The second-order valence-electron chi connectivity index (χ2n) is 3.14. The highest BCUT2D eigenvalue weighted by Crippen LogP contribution is 2.02. The molecule has 1 heterocycles. The van der Waals surface area contributed by atoms with Crippen LogP contribution in [0.2, 0.25) is 0 Å². The van der Waals surface area contributed by atoms with E-state index in [1.165, 1.54) is 13.0 Å². The van der Waals surface area contributed by atoms with Crippen LogP contribution in [0.5, 0.6) is 0 Å². The van der Waals surface area contributed by atoms with Crippen molar-refractivity contribution in [3.63, 3.8) is 0 Å². The molecule has 1 rings (SSSR count). The second-order valence-corrected chi connectivity index (χ2v) is 3.14. The zero-order valence-corrected chi connectivity index (χ0v) is 7.21. The maximum atomic E-state index is 5.59. The Morgan fingerprint density at radius 3 is 2.64 bits per heavy atom. The number of hydrogen-bond acceptors (Lipinski definition) is 3. The normalized spacial score (nSPS) is 21.4. The van der Waals surface area contributed by atoms with E-state index in [0.717, 1.165) is 19.6 Å². The van der Waals surface area contributed by atoms with Gasteiger partial charge in [-0.25, -0.2) is 0 Å². The van der Waals surface area contributed by atoms with Gasteiger partial charge in [-0.05, 0) is 20.0 Å². The molecule has 1 aliphatic rings. The molecule has 0 aromatic carbocycles. The Labute approximate surface area is 68.5 Å². The Morgan fingerprint density at radius 1 is 1.27 bits per heavy atom. The van der Waals surface area contributed by atoms with Gasteiger partial charge in [0, 0.05) is 19.6 Å². The lowest BCUT2D eigenvalue weighted by Gasteiger charge is -2.21. The van der Waals surface area contributed by atoms with Crippen LogP contribution in [0.4, 0.5) is 0 Å². The summed E-state index contributed by atoms with van der Waals surface area (Å²) in [7, 11) is 2.14. The second kappa shape index (κ2) is 3.62. The minimum Gasteiger partial charge on any atom is -0.386 e. The fraction of sp³-hybridized carbons (Fsp3) is 0.750. The third kappa shape index (κ3) is 2.42. The van der Waals surface area contributed by atoms with Crippen LogP contribution in [0.25, 0.3) is 0 Å². The molecule has 0 saturated carbocycles. The van der Waals surface area contributed by atoms with Crippen LogP contribution in [0, 0.1) is 0 Å². The SMILES string of the molecule is C=C(N)N1CCCN(C)CC1. The third-order valence-corrected chi connectivity index (χ3v) is 2.13. The van der Waals surface area contributed by atoms with E-state index in [2.05, 4.69) is 23.4 Å². The molecule has 1 aliphatic heterocycles. The van der Waals surface area contributed by atoms with Crippen molar-refractivity contribution in [2.45, 2.75) is 6.42 Å². The number of likely N-dealkylation sites (N-methyl/N-ethyl adjacent to an activating group) is 1. The van der Waals surface area contributed by atoms with E-state index in [0.29, 0.717) is 5.82 Å². The monoisotopic (exact) mass is 155 g/mol. The molecule has 0 aliphatic carbocycles. The van der Waals surface area contributed by atoms with Crippen LogP contribution in [0.1, 0.15) is 6.42 Å². The minimum absolute atomic E-state index is 0.709. The van der Waals surface area contributed by atoms with Gasteiger partial charge in [0.15, 0.2) is 0 Å². The van der Waals surface area contributed by atoms with Crippen LogP contribution < -0.4 is 5.73 Å². The van der Waals surface area contributed by atoms with Gasteiger partial charge in [0.1, 0.15) is 0 Å². The molecular weight excluding hydrogens is 138 g/mol. The van der Waals surface area contributed by atoms with Gasteiger partial charge in [-0.15, -0.1) is 0 Å². The van der Waals surface area contributed by atoms with E-state index >= 15 is 0 Å². The summed E-state index contributed by atoms with van der Waals surface area (Å²) in [6, 6.07) is 0. The molecule has 0 spiro atoms. The molecule has 0 unspecified atom stereocenters. The maximum Gasteiger partial charge on any atom is 0.0912 e. The van der Waals surface area contributed by atoms with Crippen LogP contribution in [-0.4, -0.2) is 43.0 Å². The van der Waals surface area contributed by atoms with E-state index < -0.39 is 0 Å². The predicted octanol–water partition coefficient (Wildman–Crippen LogP) is 0.0538. The summed E-state index contributed by atoms with van der Waals surface area (Å²) in [5, 5.41) is 0. The first-order valence-corrected chi connectivity index (χ1v) is 4.08. The van der Waals surface area contributed by atoms with Crippen molar-refractivity contribution in [3.8, 4) is 0 Å². The van der Waals surface area contributed by atoms with Crippen LogP contribution in [-0.2, 0) is 0 Å². The van der Waals surface area contributed by atoms with Crippen molar-refractivity contribution in [2.75, 3.05) is 33.2 Å². The first kappa shape index (κ1) is 8.40. The van der Waals surface area contributed by atoms with Gasteiger partial charge in [-0.1, -0.05) is 6.58 Å². The van der Waals surface area contributed by atoms with Gasteiger partial charge in [0.25, 0.3) is 0 Å². The molecule has 0 amide bonds. The lowest BCUT2D eigenvalue weighted by Crippen LogP contribution is -2.31. The largest absolute Gasteiger partial charge is 0.386 e. The van der Waals surface area contributed by atoms with Gasteiger partial charge in [-0.2, -0.15) is 0 Å². The zero-order chi connectivity index (χ0) is 8.27. The fourth-order valence-electron chi connectivity index (χ4n) is 1.33. The predicted molar refractivity (Wildman–Crippen MR) is 47.0 cm³/mol. The third-order valence-electron chi connectivity index (χ3n) is 2.13. The van der Waals surface area contributed by atoms with Crippen molar-refractivity contribution in [1.82, 2.24) is 9.80 Å². The zero-order valence-electron chi connectivity index (χ0n) is 7.21. The first-order valence-electron chi connectivity index (χ1n) is 4.08. The van der Waals surface area contributed by atoms with E-state index in [1.807, 2.05) is 0 Å². The molecule has 0 aromatic rings. The molecule has 1 saturated heterocycles. The number of hydrogen-bond donors (Lipinski definition) is 1. The summed E-state index contributed by atoms with van der Waals surface area (Å²) in [6.07, 6.45) is 1.19. The quantitative estimate of drug-likeness (QED) is 0.581. The van der Waals surface area contributed by atoms with Crippen molar-refractivity contribution in [2.24, 2.45) is 5.73 Å². The van der Waals surface area contributed by atoms with Crippen LogP contribution >= 0.6 is 0 Å². The average molecular weight is 155 g/mol. The smallest absolute Gasteiger partial charge is 0.0912 e. The molecule has 0 radical (unpaired) electrons. The molecule has 3 nitrogen and oxygen atoms in total. The van der Waals surface area contributed by atoms with Crippen LogP contribution in [0.3, 0.4) is 0 Å². The van der Waals surface area contributed by atoms with E-state index in [1.54, 1.807) is 0 Å².